The van der Waals surface area contributed by atoms with Crippen LogP contribution in [-0.4, -0.2) is 18.1 Å². The standard InChI is InChI=1S/C13H19NO3/c1-2-3-10-17-11-13-6-4-12(5-7-13)8-9-14(15)16/h4-7H,2-3,8-11H2,1H3. The molecule has 0 amide bonds. The Bertz CT molecular complexity index is 335. The van der Waals surface area contributed by atoms with Crippen molar-refractivity contribution >= 4 is 0 Å². The number of benzene rings is 1. The van der Waals surface area contributed by atoms with E-state index in [2.05, 4.69) is 6.92 Å². The van der Waals surface area contributed by atoms with Crippen molar-refractivity contribution in [3.63, 3.8) is 0 Å². The van der Waals surface area contributed by atoms with Crippen LogP contribution in [0.25, 0.3) is 0 Å². The van der Waals surface area contributed by atoms with Gasteiger partial charge in [0.25, 0.3) is 0 Å². The SMILES string of the molecule is CCCCOCc1ccc(CC[N+](=O)[O-])cc1. The zero-order valence-corrected chi connectivity index (χ0v) is 10.2. The van der Waals surface area contributed by atoms with E-state index in [-0.39, 0.29) is 11.5 Å². The Labute approximate surface area is 102 Å². The van der Waals surface area contributed by atoms with Crippen molar-refractivity contribution in [2.75, 3.05) is 13.2 Å². The fourth-order valence-electron chi connectivity index (χ4n) is 1.46. The number of nitrogens with zero attached hydrogens (tertiary/aromatic N) is 1. The second kappa shape index (κ2) is 7.79. The van der Waals surface area contributed by atoms with E-state index in [1.165, 1.54) is 0 Å². The van der Waals surface area contributed by atoms with Gasteiger partial charge in [0.15, 0.2) is 0 Å². The van der Waals surface area contributed by atoms with Crippen LogP contribution >= 0.6 is 0 Å². The zero-order chi connectivity index (χ0) is 12.5. The van der Waals surface area contributed by atoms with Gasteiger partial charge in [-0.25, -0.2) is 0 Å². The first-order valence-corrected chi connectivity index (χ1v) is 5.99. The molecule has 0 aromatic heterocycles. The molecular weight excluding hydrogens is 218 g/mol. The van der Waals surface area contributed by atoms with Crippen LogP contribution in [0, 0.1) is 10.1 Å². The fourth-order valence-corrected chi connectivity index (χ4v) is 1.46. The Morgan fingerprint density at radius 2 is 1.88 bits per heavy atom. The number of hydrogen-bond acceptors (Lipinski definition) is 3. The van der Waals surface area contributed by atoms with Crippen molar-refractivity contribution in [2.24, 2.45) is 0 Å². The molecule has 0 saturated heterocycles. The minimum atomic E-state index is -0.290. The molecule has 4 nitrogen and oxygen atoms in total. The van der Waals surface area contributed by atoms with Gasteiger partial charge in [0.05, 0.1) is 6.61 Å². The predicted octanol–water partition coefficient (Wildman–Crippen LogP) is 2.82. The van der Waals surface area contributed by atoms with Crippen LogP contribution in [0.1, 0.15) is 30.9 Å². The van der Waals surface area contributed by atoms with Crippen molar-refractivity contribution in [1.29, 1.82) is 0 Å². The zero-order valence-electron chi connectivity index (χ0n) is 10.2. The maximum atomic E-state index is 10.2. The third-order valence-electron chi connectivity index (χ3n) is 2.52. The summed E-state index contributed by atoms with van der Waals surface area (Å²) in [6, 6.07) is 7.81. The Balaban J connectivity index is 2.31. The van der Waals surface area contributed by atoms with E-state index in [0.29, 0.717) is 13.0 Å². The summed E-state index contributed by atoms with van der Waals surface area (Å²) in [4.78, 5) is 9.94. The molecule has 0 saturated carbocycles. The van der Waals surface area contributed by atoms with Gasteiger partial charge in [-0.2, -0.15) is 0 Å². The Morgan fingerprint density at radius 1 is 1.24 bits per heavy atom. The van der Waals surface area contributed by atoms with Gasteiger partial charge >= 0.3 is 0 Å². The van der Waals surface area contributed by atoms with Gasteiger partial charge in [0, 0.05) is 18.0 Å². The second-order valence-corrected chi connectivity index (χ2v) is 4.03. The highest BCUT2D eigenvalue weighted by Gasteiger charge is 2.00. The van der Waals surface area contributed by atoms with Crippen LogP contribution < -0.4 is 0 Å². The quantitative estimate of drug-likeness (QED) is 0.397. The van der Waals surface area contributed by atoms with Crippen LogP contribution in [0.15, 0.2) is 24.3 Å². The molecule has 1 rings (SSSR count). The molecule has 0 atom stereocenters. The molecule has 0 unspecified atom stereocenters. The summed E-state index contributed by atoms with van der Waals surface area (Å²) in [5.74, 6) is 0. The first kappa shape index (κ1) is 13.6. The van der Waals surface area contributed by atoms with Crippen LogP contribution in [-0.2, 0) is 17.8 Å². The molecule has 0 heterocycles. The Morgan fingerprint density at radius 3 is 2.47 bits per heavy atom. The maximum absolute atomic E-state index is 10.2. The van der Waals surface area contributed by atoms with Crippen molar-refractivity contribution in [3.05, 3.63) is 45.5 Å². The van der Waals surface area contributed by atoms with Crippen molar-refractivity contribution in [1.82, 2.24) is 0 Å². The molecule has 0 aliphatic rings. The summed E-state index contributed by atoms with van der Waals surface area (Å²) in [5, 5.41) is 10.2. The van der Waals surface area contributed by atoms with Crippen molar-refractivity contribution in [3.8, 4) is 0 Å². The lowest BCUT2D eigenvalue weighted by atomic mass is 10.1. The molecule has 0 aliphatic carbocycles. The summed E-state index contributed by atoms with van der Waals surface area (Å²) in [6.07, 6.45) is 2.71. The fraction of sp³-hybridized carbons (Fsp3) is 0.538. The lowest BCUT2D eigenvalue weighted by Crippen LogP contribution is -2.04. The molecule has 0 radical (unpaired) electrons. The minimum Gasteiger partial charge on any atom is -0.377 e. The topological polar surface area (TPSA) is 52.4 Å². The largest absolute Gasteiger partial charge is 0.377 e. The first-order chi connectivity index (χ1) is 8.22. The lowest BCUT2D eigenvalue weighted by molar-refractivity contribution is -0.479. The van der Waals surface area contributed by atoms with Gasteiger partial charge < -0.3 is 4.74 Å². The van der Waals surface area contributed by atoms with Crippen LogP contribution in [0.3, 0.4) is 0 Å². The number of nitro groups is 1. The van der Waals surface area contributed by atoms with Crippen LogP contribution in [0.4, 0.5) is 0 Å². The van der Waals surface area contributed by atoms with E-state index in [0.717, 1.165) is 30.6 Å². The van der Waals surface area contributed by atoms with Gasteiger partial charge in [0.1, 0.15) is 0 Å². The average molecular weight is 237 g/mol. The van der Waals surface area contributed by atoms with E-state index < -0.39 is 0 Å². The molecule has 17 heavy (non-hydrogen) atoms. The van der Waals surface area contributed by atoms with E-state index >= 15 is 0 Å². The summed E-state index contributed by atoms with van der Waals surface area (Å²) < 4.78 is 5.49. The lowest BCUT2D eigenvalue weighted by Gasteiger charge is -2.04. The smallest absolute Gasteiger partial charge is 0.207 e. The molecule has 4 heteroatoms. The number of rotatable bonds is 8. The average Bonchev–Trinajstić information content (AvgIpc) is 2.33. The van der Waals surface area contributed by atoms with E-state index in [1.807, 2.05) is 24.3 Å². The number of hydrogen-bond donors (Lipinski definition) is 0. The third-order valence-corrected chi connectivity index (χ3v) is 2.52. The molecule has 0 N–H and O–H groups in total. The molecular formula is C13H19NO3. The maximum Gasteiger partial charge on any atom is 0.207 e. The summed E-state index contributed by atoms with van der Waals surface area (Å²) in [7, 11) is 0. The molecule has 1 aromatic carbocycles. The van der Waals surface area contributed by atoms with Crippen LogP contribution in [0.5, 0.6) is 0 Å². The van der Waals surface area contributed by atoms with E-state index in [9.17, 15) is 10.1 Å². The first-order valence-electron chi connectivity index (χ1n) is 5.99. The van der Waals surface area contributed by atoms with Crippen molar-refractivity contribution in [2.45, 2.75) is 32.8 Å². The highest BCUT2D eigenvalue weighted by molar-refractivity contribution is 5.22. The molecule has 0 spiro atoms. The summed E-state index contributed by atoms with van der Waals surface area (Å²) in [6.45, 7) is 3.54. The van der Waals surface area contributed by atoms with Gasteiger partial charge in [-0.3, -0.25) is 10.1 Å². The Hall–Kier alpha value is -1.42. The molecule has 0 bridgehead atoms. The highest BCUT2D eigenvalue weighted by Crippen LogP contribution is 2.07. The normalized spacial score (nSPS) is 10.4. The molecule has 0 fully saturated rings. The predicted molar refractivity (Wildman–Crippen MR) is 66.6 cm³/mol. The Kier molecular flexibility index (Phi) is 6.25. The van der Waals surface area contributed by atoms with Gasteiger partial charge in [0.2, 0.25) is 6.54 Å². The second-order valence-electron chi connectivity index (χ2n) is 4.03. The van der Waals surface area contributed by atoms with Gasteiger partial charge in [-0.1, -0.05) is 37.6 Å². The molecule has 1 aromatic rings. The van der Waals surface area contributed by atoms with Crippen LogP contribution in [0.2, 0.25) is 0 Å². The number of unbranched alkanes of at least 4 members (excludes halogenated alkanes) is 1. The summed E-state index contributed by atoms with van der Waals surface area (Å²) in [5.41, 5.74) is 2.12. The molecule has 94 valence electrons. The van der Waals surface area contributed by atoms with Gasteiger partial charge in [-0.05, 0) is 17.5 Å². The monoisotopic (exact) mass is 237 g/mol. The highest BCUT2D eigenvalue weighted by atomic mass is 16.6. The van der Waals surface area contributed by atoms with Crippen molar-refractivity contribution < 1.29 is 9.66 Å². The van der Waals surface area contributed by atoms with E-state index in [1.54, 1.807) is 0 Å². The minimum absolute atomic E-state index is 0.00759. The van der Waals surface area contributed by atoms with E-state index in [4.69, 9.17) is 4.74 Å². The number of ether oxygens (including phenoxy) is 1. The van der Waals surface area contributed by atoms with Gasteiger partial charge in [-0.15, -0.1) is 0 Å². The third kappa shape index (κ3) is 6.02. The summed E-state index contributed by atoms with van der Waals surface area (Å²) >= 11 is 0. The molecule has 0 aliphatic heterocycles.